The van der Waals surface area contributed by atoms with E-state index in [0.29, 0.717) is 36.2 Å². The van der Waals surface area contributed by atoms with Gasteiger partial charge in [0.2, 0.25) is 0 Å². The molecule has 0 saturated heterocycles. The van der Waals surface area contributed by atoms with Gasteiger partial charge in [-0.1, -0.05) is 51.5 Å². The maximum absolute atomic E-state index is 12.7. The van der Waals surface area contributed by atoms with Gasteiger partial charge in [-0.2, -0.15) is 0 Å². The molecule has 0 spiro atoms. The number of carbonyl (C=O) groups is 1. The second-order valence-electron chi connectivity index (χ2n) is 7.13. The van der Waals surface area contributed by atoms with Gasteiger partial charge in [0, 0.05) is 0 Å². The van der Waals surface area contributed by atoms with Gasteiger partial charge < -0.3 is 14.8 Å². The van der Waals surface area contributed by atoms with Crippen molar-refractivity contribution in [1.82, 2.24) is 5.32 Å². The third-order valence-corrected chi connectivity index (χ3v) is 4.41. The van der Waals surface area contributed by atoms with Gasteiger partial charge >= 0.3 is 0 Å². The molecule has 0 bridgehead atoms. The number of rotatable bonds is 10. The molecule has 0 aliphatic rings. The number of benzene rings is 2. The van der Waals surface area contributed by atoms with Crippen LogP contribution in [0.4, 0.5) is 5.69 Å². The van der Waals surface area contributed by atoms with Crippen LogP contribution >= 0.6 is 12.2 Å². The first-order valence-corrected chi connectivity index (χ1v) is 10.5. The summed E-state index contributed by atoms with van der Waals surface area (Å²) < 4.78 is 11.6. The van der Waals surface area contributed by atoms with Crippen LogP contribution in [0.15, 0.2) is 48.5 Å². The van der Waals surface area contributed by atoms with Gasteiger partial charge in [0.25, 0.3) is 5.91 Å². The molecular formula is C23H30N2O3S. The molecule has 5 nitrogen and oxygen atoms in total. The van der Waals surface area contributed by atoms with Gasteiger partial charge in [0.1, 0.15) is 11.5 Å². The van der Waals surface area contributed by atoms with Crippen LogP contribution in [0.3, 0.4) is 0 Å². The fourth-order valence-electron chi connectivity index (χ4n) is 2.53. The molecule has 0 heterocycles. The van der Waals surface area contributed by atoms with Crippen molar-refractivity contribution < 1.29 is 14.3 Å². The molecule has 0 radical (unpaired) electrons. The minimum absolute atomic E-state index is 0.207. The monoisotopic (exact) mass is 414 g/mol. The smallest absolute Gasteiger partial charge is 0.261 e. The molecule has 0 saturated carbocycles. The summed E-state index contributed by atoms with van der Waals surface area (Å²) in [5, 5.41) is 5.98. The lowest BCUT2D eigenvalue weighted by Crippen LogP contribution is -2.34. The minimum atomic E-state index is -0.313. The van der Waals surface area contributed by atoms with E-state index in [1.807, 2.05) is 30.3 Å². The van der Waals surface area contributed by atoms with E-state index in [1.165, 1.54) is 0 Å². The fourth-order valence-corrected chi connectivity index (χ4v) is 2.73. The van der Waals surface area contributed by atoms with Gasteiger partial charge in [-0.25, -0.2) is 0 Å². The van der Waals surface area contributed by atoms with Gasteiger partial charge in [0.15, 0.2) is 5.11 Å². The number of unbranched alkanes of at least 4 members (excludes halogenated alkanes) is 1. The molecule has 2 N–H and O–H groups in total. The van der Waals surface area contributed by atoms with Gasteiger partial charge in [-0.05, 0) is 55.2 Å². The quantitative estimate of drug-likeness (QED) is 0.402. The minimum Gasteiger partial charge on any atom is -0.493 e. The summed E-state index contributed by atoms with van der Waals surface area (Å²) in [6.45, 7) is 7.58. The zero-order valence-electron chi connectivity index (χ0n) is 17.4. The summed E-state index contributed by atoms with van der Waals surface area (Å²) in [5.74, 6) is 1.48. The Balaban J connectivity index is 1.99. The van der Waals surface area contributed by atoms with E-state index in [0.717, 1.165) is 24.9 Å². The molecule has 0 atom stereocenters. The molecule has 29 heavy (non-hydrogen) atoms. The number of ether oxygens (including phenoxy) is 2. The molecular weight excluding hydrogens is 384 g/mol. The Morgan fingerprint density at radius 2 is 1.66 bits per heavy atom. The fraction of sp³-hybridized carbons (Fsp3) is 0.391. The number of amides is 1. The van der Waals surface area contributed by atoms with Crippen LogP contribution in [0.25, 0.3) is 0 Å². The number of thiocarbonyl (C=S) groups is 1. The maximum Gasteiger partial charge on any atom is 0.261 e. The third-order valence-electron chi connectivity index (χ3n) is 4.20. The lowest BCUT2D eigenvalue weighted by atomic mass is 10.1. The van der Waals surface area contributed by atoms with Gasteiger partial charge in [-0.3, -0.25) is 10.1 Å². The SMILES string of the molecule is CCCCOc1ccccc1NC(=S)NC(=O)c1ccccc1OCCC(C)C. The number of carbonyl (C=O) groups excluding carboxylic acids is 1. The highest BCUT2D eigenvalue weighted by Gasteiger charge is 2.14. The Bertz CT molecular complexity index is 808. The van der Waals surface area contributed by atoms with Gasteiger partial charge in [0.05, 0.1) is 24.5 Å². The van der Waals surface area contributed by atoms with Crippen molar-refractivity contribution in [3.63, 3.8) is 0 Å². The lowest BCUT2D eigenvalue weighted by molar-refractivity contribution is 0.0973. The highest BCUT2D eigenvalue weighted by Crippen LogP contribution is 2.24. The second-order valence-corrected chi connectivity index (χ2v) is 7.54. The summed E-state index contributed by atoms with van der Waals surface area (Å²) in [6, 6.07) is 14.7. The normalized spacial score (nSPS) is 10.5. The van der Waals surface area contributed by atoms with Crippen LogP contribution in [0.5, 0.6) is 11.5 Å². The molecule has 0 aromatic heterocycles. The average Bonchev–Trinajstić information content (AvgIpc) is 2.69. The van der Waals surface area contributed by atoms with Crippen LogP contribution in [0, 0.1) is 5.92 Å². The summed E-state index contributed by atoms with van der Waals surface area (Å²) in [6.07, 6.45) is 2.95. The van der Waals surface area contributed by atoms with Crippen LogP contribution in [0.1, 0.15) is 50.4 Å². The Hall–Kier alpha value is -2.60. The van der Waals surface area contributed by atoms with E-state index in [-0.39, 0.29) is 11.0 Å². The molecule has 0 fully saturated rings. The van der Waals surface area contributed by atoms with E-state index in [1.54, 1.807) is 18.2 Å². The molecule has 156 valence electrons. The third kappa shape index (κ3) is 7.74. The number of nitrogens with one attached hydrogen (secondary N) is 2. The van der Waals surface area contributed by atoms with Crippen LogP contribution < -0.4 is 20.1 Å². The standard InChI is InChI=1S/C23H30N2O3S/c1-4-5-15-27-21-13-9-7-11-19(21)24-23(29)25-22(26)18-10-6-8-12-20(18)28-16-14-17(2)3/h6-13,17H,4-5,14-16H2,1-3H3,(H2,24,25,26,29). The summed E-state index contributed by atoms with van der Waals surface area (Å²) in [7, 11) is 0. The van der Waals surface area contributed by atoms with E-state index < -0.39 is 0 Å². The van der Waals surface area contributed by atoms with E-state index >= 15 is 0 Å². The van der Waals surface area contributed by atoms with Crippen molar-refractivity contribution in [2.24, 2.45) is 5.92 Å². The largest absolute Gasteiger partial charge is 0.493 e. The predicted molar refractivity (Wildman–Crippen MR) is 122 cm³/mol. The van der Waals surface area contributed by atoms with E-state index in [4.69, 9.17) is 21.7 Å². The molecule has 2 rings (SSSR count). The summed E-state index contributed by atoms with van der Waals surface area (Å²) >= 11 is 5.33. The first kappa shape index (κ1) is 22.7. The number of hydrogen-bond acceptors (Lipinski definition) is 4. The Morgan fingerprint density at radius 3 is 2.38 bits per heavy atom. The van der Waals surface area contributed by atoms with Crippen molar-refractivity contribution in [3.8, 4) is 11.5 Å². The highest BCUT2D eigenvalue weighted by atomic mass is 32.1. The Labute approximate surface area is 178 Å². The van der Waals surface area contributed by atoms with Crippen molar-refractivity contribution in [1.29, 1.82) is 0 Å². The van der Waals surface area contributed by atoms with Gasteiger partial charge in [-0.15, -0.1) is 0 Å². The molecule has 6 heteroatoms. The van der Waals surface area contributed by atoms with Crippen molar-refractivity contribution in [3.05, 3.63) is 54.1 Å². The summed E-state index contributed by atoms with van der Waals surface area (Å²) in [4.78, 5) is 12.7. The van der Waals surface area contributed by atoms with Crippen molar-refractivity contribution in [2.75, 3.05) is 18.5 Å². The zero-order valence-corrected chi connectivity index (χ0v) is 18.2. The number of anilines is 1. The maximum atomic E-state index is 12.7. The summed E-state index contributed by atoms with van der Waals surface area (Å²) in [5.41, 5.74) is 1.17. The number of para-hydroxylation sites is 3. The first-order valence-electron chi connectivity index (χ1n) is 10.1. The highest BCUT2D eigenvalue weighted by molar-refractivity contribution is 7.80. The van der Waals surface area contributed by atoms with Crippen LogP contribution in [-0.2, 0) is 0 Å². The molecule has 2 aromatic rings. The zero-order chi connectivity index (χ0) is 21.1. The van der Waals surface area contributed by atoms with E-state index in [9.17, 15) is 4.79 Å². The van der Waals surface area contributed by atoms with Crippen LogP contribution in [0.2, 0.25) is 0 Å². The van der Waals surface area contributed by atoms with E-state index in [2.05, 4.69) is 31.4 Å². The van der Waals surface area contributed by atoms with Crippen molar-refractivity contribution in [2.45, 2.75) is 40.0 Å². The molecule has 0 aliphatic carbocycles. The first-order chi connectivity index (χ1) is 14.0. The molecule has 0 aliphatic heterocycles. The number of hydrogen-bond donors (Lipinski definition) is 2. The predicted octanol–water partition coefficient (Wildman–Crippen LogP) is 5.42. The van der Waals surface area contributed by atoms with Crippen molar-refractivity contribution >= 4 is 28.9 Å². The molecule has 0 unspecified atom stereocenters. The average molecular weight is 415 g/mol. The Kier molecular flexibility index (Phi) is 9.44. The van der Waals surface area contributed by atoms with Crippen LogP contribution in [-0.4, -0.2) is 24.2 Å². The topological polar surface area (TPSA) is 59.6 Å². The molecule has 2 aromatic carbocycles. The lowest BCUT2D eigenvalue weighted by Gasteiger charge is -2.15. The second kappa shape index (κ2) is 12.1. The molecule has 1 amide bonds. The Morgan fingerprint density at radius 1 is 1.00 bits per heavy atom.